The quantitative estimate of drug-likeness (QED) is 0.744. The van der Waals surface area contributed by atoms with Crippen LogP contribution in [-0.2, 0) is 10.0 Å². The lowest BCUT2D eigenvalue weighted by Crippen LogP contribution is -2.15. The van der Waals surface area contributed by atoms with Crippen LogP contribution in [0.3, 0.4) is 0 Å². The summed E-state index contributed by atoms with van der Waals surface area (Å²) in [6.07, 6.45) is 0. The van der Waals surface area contributed by atoms with Crippen molar-refractivity contribution in [3.05, 3.63) is 50.0 Å². The molecular formula is C11H6BrCl3N2O2S. The van der Waals surface area contributed by atoms with Crippen LogP contribution in [0.5, 0.6) is 0 Å². The van der Waals surface area contributed by atoms with Gasteiger partial charge < -0.3 is 0 Å². The third kappa shape index (κ3) is 3.56. The Kier molecular flexibility index (Phi) is 4.81. The Morgan fingerprint density at radius 2 is 1.70 bits per heavy atom. The number of anilines is 1. The zero-order valence-corrected chi connectivity index (χ0v) is 14.2. The summed E-state index contributed by atoms with van der Waals surface area (Å²) in [5.74, 6) is 0.140. The molecule has 0 aliphatic rings. The average Bonchev–Trinajstić information content (AvgIpc) is 2.25. The van der Waals surface area contributed by atoms with Crippen LogP contribution < -0.4 is 4.72 Å². The molecule has 0 saturated heterocycles. The standard InChI is InChI=1S/C11H6BrCl3N2O2S/c12-9-2-1-3-10(16-9)17-20(18,19)11-7(14)4-6(13)5-8(11)15/h1-5H,(H,16,17). The summed E-state index contributed by atoms with van der Waals surface area (Å²) < 4.78 is 27.4. The summed E-state index contributed by atoms with van der Waals surface area (Å²) in [7, 11) is -3.96. The molecule has 0 radical (unpaired) electrons. The highest BCUT2D eigenvalue weighted by Crippen LogP contribution is 2.33. The van der Waals surface area contributed by atoms with Gasteiger partial charge >= 0.3 is 0 Å². The Balaban J connectivity index is 2.46. The van der Waals surface area contributed by atoms with Crippen molar-refractivity contribution in [3.8, 4) is 0 Å². The minimum Gasteiger partial charge on any atom is -0.263 e. The first kappa shape index (κ1) is 15.9. The van der Waals surface area contributed by atoms with E-state index in [1.165, 1.54) is 18.2 Å². The summed E-state index contributed by atoms with van der Waals surface area (Å²) in [5.41, 5.74) is 0. The van der Waals surface area contributed by atoms with E-state index in [2.05, 4.69) is 25.6 Å². The lowest BCUT2D eigenvalue weighted by atomic mass is 10.4. The molecular weight excluding hydrogens is 410 g/mol. The number of halogens is 4. The maximum atomic E-state index is 12.3. The highest BCUT2D eigenvalue weighted by molar-refractivity contribution is 9.10. The van der Waals surface area contributed by atoms with Gasteiger partial charge in [-0.25, -0.2) is 13.4 Å². The van der Waals surface area contributed by atoms with Crippen LogP contribution in [-0.4, -0.2) is 13.4 Å². The molecule has 2 rings (SSSR count). The number of rotatable bonds is 3. The van der Waals surface area contributed by atoms with E-state index in [0.717, 1.165) is 0 Å². The molecule has 4 nitrogen and oxygen atoms in total. The molecule has 0 aliphatic heterocycles. The van der Waals surface area contributed by atoms with Crippen molar-refractivity contribution in [3.63, 3.8) is 0 Å². The zero-order valence-electron chi connectivity index (χ0n) is 9.57. The third-order valence-corrected chi connectivity index (χ3v) is 5.12. The molecule has 0 fully saturated rings. The van der Waals surface area contributed by atoms with Gasteiger partial charge in [-0.1, -0.05) is 40.9 Å². The molecule has 0 unspecified atom stereocenters. The highest BCUT2D eigenvalue weighted by atomic mass is 79.9. The van der Waals surface area contributed by atoms with Gasteiger partial charge in [0.2, 0.25) is 0 Å². The number of hydrogen-bond acceptors (Lipinski definition) is 3. The normalized spacial score (nSPS) is 11.4. The van der Waals surface area contributed by atoms with E-state index in [-0.39, 0.29) is 25.8 Å². The largest absolute Gasteiger partial charge is 0.266 e. The molecule has 1 heterocycles. The number of pyridine rings is 1. The Morgan fingerprint density at radius 3 is 2.25 bits per heavy atom. The first-order valence-electron chi connectivity index (χ1n) is 5.09. The van der Waals surface area contributed by atoms with Gasteiger partial charge in [0.05, 0.1) is 10.0 Å². The fourth-order valence-corrected chi connectivity index (χ4v) is 4.33. The second kappa shape index (κ2) is 6.07. The summed E-state index contributed by atoms with van der Waals surface area (Å²) >= 11 is 20.7. The van der Waals surface area contributed by atoms with Crippen LogP contribution >= 0.6 is 50.7 Å². The average molecular weight is 417 g/mol. The van der Waals surface area contributed by atoms with Gasteiger partial charge in [0, 0.05) is 5.02 Å². The van der Waals surface area contributed by atoms with E-state index in [0.29, 0.717) is 4.60 Å². The van der Waals surface area contributed by atoms with Crippen LogP contribution in [0, 0.1) is 0 Å². The lowest BCUT2D eigenvalue weighted by molar-refractivity contribution is 0.601. The predicted molar refractivity (Wildman–Crippen MR) is 84.2 cm³/mol. The van der Waals surface area contributed by atoms with Crippen molar-refractivity contribution in [1.82, 2.24) is 4.98 Å². The maximum absolute atomic E-state index is 12.3. The Labute approximate surface area is 139 Å². The van der Waals surface area contributed by atoms with E-state index in [9.17, 15) is 8.42 Å². The minimum absolute atomic E-state index is 0.0648. The molecule has 106 valence electrons. The molecule has 0 amide bonds. The van der Waals surface area contributed by atoms with Gasteiger partial charge in [-0.2, -0.15) is 0 Å². The van der Waals surface area contributed by atoms with Gasteiger partial charge in [0.25, 0.3) is 10.0 Å². The highest BCUT2D eigenvalue weighted by Gasteiger charge is 2.23. The van der Waals surface area contributed by atoms with Crippen LogP contribution in [0.4, 0.5) is 5.82 Å². The van der Waals surface area contributed by atoms with Gasteiger partial charge in [-0.05, 0) is 40.2 Å². The second-order valence-electron chi connectivity index (χ2n) is 3.65. The fourth-order valence-electron chi connectivity index (χ4n) is 1.44. The fraction of sp³-hybridized carbons (Fsp3) is 0. The first-order chi connectivity index (χ1) is 9.29. The van der Waals surface area contributed by atoms with Crippen molar-refractivity contribution in [2.24, 2.45) is 0 Å². The summed E-state index contributed by atoms with van der Waals surface area (Å²) in [6.45, 7) is 0. The third-order valence-electron chi connectivity index (χ3n) is 2.19. The smallest absolute Gasteiger partial charge is 0.263 e. The molecule has 0 spiro atoms. The number of hydrogen-bond donors (Lipinski definition) is 1. The summed E-state index contributed by atoms with van der Waals surface area (Å²) in [4.78, 5) is 3.73. The lowest BCUT2D eigenvalue weighted by Gasteiger charge is -2.11. The van der Waals surface area contributed by atoms with Gasteiger partial charge in [-0.3, -0.25) is 4.72 Å². The number of sulfonamides is 1. The van der Waals surface area contributed by atoms with Crippen LogP contribution in [0.2, 0.25) is 15.1 Å². The monoisotopic (exact) mass is 414 g/mol. The molecule has 0 saturated carbocycles. The van der Waals surface area contributed by atoms with Crippen LogP contribution in [0.15, 0.2) is 39.8 Å². The first-order valence-corrected chi connectivity index (χ1v) is 8.50. The number of nitrogens with zero attached hydrogens (tertiary/aromatic N) is 1. The van der Waals surface area contributed by atoms with E-state index >= 15 is 0 Å². The maximum Gasteiger partial charge on any atom is 0.266 e. The van der Waals surface area contributed by atoms with Crippen molar-refractivity contribution in [1.29, 1.82) is 0 Å². The van der Waals surface area contributed by atoms with E-state index in [1.54, 1.807) is 12.1 Å². The molecule has 0 bridgehead atoms. The summed E-state index contributed by atoms with van der Waals surface area (Å²) in [6, 6.07) is 7.41. The molecule has 1 aromatic carbocycles. The molecule has 0 aliphatic carbocycles. The van der Waals surface area contributed by atoms with Crippen LogP contribution in [0.25, 0.3) is 0 Å². The van der Waals surface area contributed by atoms with Crippen molar-refractivity contribution in [2.75, 3.05) is 4.72 Å². The molecule has 1 aromatic heterocycles. The van der Waals surface area contributed by atoms with Crippen molar-refractivity contribution in [2.45, 2.75) is 4.90 Å². The molecule has 2 aromatic rings. The van der Waals surface area contributed by atoms with Crippen molar-refractivity contribution >= 4 is 66.6 Å². The Morgan fingerprint density at radius 1 is 1.10 bits per heavy atom. The topological polar surface area (TPSA) is 59.1 Å². The number of benzene rings is 1. The predicted octanol–water partition coefficient (Wildman–Crippen LogP) is 4.61. The van der Waals surface area contributed by atoms with E-state index in [1.807, 2.05) is 0 Å². The molecule has 9 heteroatoms. The Hall–Kier alpha value is -0.530. The van der Waals surface area contributed by atoms with E-state index in [4.69, 9.17) is 34.8 Å². The second-order valence-corrected chi connectivity index (χ2v) is 7.33. The van der Waals surface area contributed by atoms with Gasteiger partial charge in [-0.15, -0.1) is 0 Å². The van der Waals surface area contributed by atoms with Gasteiger partial charge in [0.15, 0.2) is 0 Å². The van der Waals surface area contributed by atoms with Crippen molar-refractivity contribution < 1.29 is 8.42 Å². The number of nitrogens with one attached hydrogen (secondary N) is 1. The molecule has 20 heavy (non-hydrogen) atoms. The van der Waals surface area contributed by atoms with Crippen LogP contribution in [0.1, 0.15) is 0 Å². The minimum atomic E-state index is -3.96. The zero-order chi connectivity index (χ0) is 14.9. The SMILES string of the molecule is O=S(=O)(Nc1cccc(Br)n1)c1c(Cl)cc(Cl)cc1Cl. The number of aromatic nitrogens is 1. The summed E-state index contributed by atoms with van der Waals surface area (Å²) in [5, 5.41) is 0.120. The molecule has 0 atom stereocenters. The Bertz CT molecular complexity index is 745. The molecule has 1 N–H and O–H groups in total. The van der Waals surface area contributed by atoms with E-state index < -0.39 is 10.0 Å². The van der Waals surface area contributed by atoms with Gasteiger partial charge in [0.1, 0.15) is 15.3 Å².